The van der Waals surface area contributed by atoms with E-state index in [1.54, 1.807) is 6.07 Å². The number of sulfonamides is 1. The van der Waals surface area contributed by atoms with E-state index in [9.17, 15) is 18.0 Å². The summed E-state index contributed by atoms with van der Waals surface area (Å²) in [6.45, 7) is 6.61. The van der Waals surface area contributed by atoms with Gasteiger partial charge in [-0.05, 0) is 61.1 Å². The van der Waals surface area contributed by atoms with Crippen LogP contribution in [-0.2, 0) is 37.2 Å². The second kappa shape index (κ2) is 10.4. The van der Waals surface area contributed by atoms with Crippen molar-refractivity contribution in [3.05, 3.63) is 58.7 Å². The first-order valence-corrected chi connectivity index (χ1v) is 11.3. The molecule has 1 amide bonds. The van der Waals surface area contributed by atoms with Crippen LogP contribution in [0.15, 0.2) is 41.3 Å². The topological polar surface area (TPSA) is 102 Å². The normalized spacial score (nSPS) is 11.2. The fourth-order valence-electron chi connectivity index (χ4n) is 2.89. The molecule has 30 heavy (non-hydrogen) atoms. The standard InChI is InChI=1S/C22H28N2O5S/c1-5-17-8-7-9-18(6-2)22(17)24-20(25)14-29-21(26)13-23-30(27,28)19-11-10-15(3)16(4)12-19/h7-12,23H,5-6,13-14H2,1-4H3,(H,24,25). The van der Waals surface area contributed by atoms with Crippen LogP contribution in [0.25, 0.3) is 0 Å². The highest BCUT2D eigenvalue weighted by molar-refractivity contribution is 7.89. The largest absolute Gasteiger partial charge is 0.455 e. The van der Waals surface area contributed by atoms with Crippen molar-refractivity contribution in [1.82, 2.24) is 4.72 Å². The third-order valence-electron chi connectivity index (χ3n) is 4.82. The quantitative estimate of drug-likeness (QED) is 0.593. The molecule has 0 radical (unpaired) electrons. The number of carbonyl (C=O) groups is 2. The third-order valence-corrected chi connectivity index (χ3v) is 6.22. The Balaban J connectivity index is 1.90. The zero-order valence-corrected chi connectivity index (χ0v) is 18.6. The third kappa shape index (κ3) is 6.14. The number of hydrogen-bond acceptors (Lipinski definition) is 5. The summed E-state index contributed by atoms with van der Waals surface area (Å²) in [4.78, 5) is 24.2. The predicted octanol–water partition coefficient (Wildman–Crippen LogP) is 2.89. The number of carbonyl (C=O) groups excluding carboxylic acids is 2. The molecule has 8 heteroatoms. The molecule has 0 saturated heterocycles. The highest BCUT2D eigenvalue weighted by Gasteiger charge is 2.18. The van der Waals surface area contributed by atoms with E-state index in [0.717, 1.165) is 40.8 Å². The lowest BCUT2D eigenvalue weighted by molar-refractivity contribution is -0.146. The molecule has 0 aromatic heterocycles. The number of hydrogen-bond donors (Lipinski definition) is 2. The number of nitrogens with one attached hydrogen (secondary N) is 2. The summed E-state index contributed by atoms with van der Waals surface area (Å²) < 4.78 is 31.8. The van der Waals surface area contributed by atoms with E-state index in [1.807, 2.05) is 45.9 Å². The minimum atomic E-state index is -3.85. The van der Waals surface area contributed by atoms with E-state index in [-0.39, 0.29) is 4.90 Å². The van der Waals surface area contributed by atoms with E-state index < -0.39 is 35.1 Å². The highest BCUT2D eigenvalue weighted by atomic mass is 32.2. The van der Waals surface area contributed by atoms with E-state index >= 15 is 0 Å². The van der Waals surface area contributed by atoms with Gasteiger partial charge in [-0.25, -0.2) is 8.42 Å². The molecule has 0 fully saturated rings. The second-order valence-corrected chi connectivity index (χ2v) is 8.70. The number of esters is 1. The minimum Gasteiger partial charge on any atom is -0.455 e. The molecule has 0 aliphatic rings. The Kier molecular flexibility index (Phi) is 8.14. The summed E-state index contributed by atoms with van der Waals surface area (Å²) in [5.74, 6) is -1.31. The molecule has 7 nitrogen and oxygen atoms in total. The van der Waals surface area contributed by atoms with Gasteiger partial charge in [-0.15, -0.1) is 0 Å². The summed E-state index contributed by atoms with van der Waals surface area (Å²) in [5, 5.41) is 2.79. The molecule has 0 spiro atoms. The molecule has 0 unspecified atom stereocenters. The molecular weight excluding hydrogens is 404 g/mol. The van der Waals surface area contributed by atoms with Crippen molar-refractivity contribution >= 4 is 27.6 Å². The average molecular weight is 433 g/mol. The first-order chi connectivity index (χ1) is 14.2. The summed E-state index contributed by atoms with van der Waals surface area (Å²) in [6, 6.07) is 10.5. The summed E-state index contributed by atoms with van der Waals surface area (Å²) in [6.07, 6.45) is 1.51. The zero-order valence-electron chi connectivity index (χ0n) is 17.7. The van der Waals surface area contributed by atoms with Crippen LogP contribution in [0, 0.1) is 13.8 Å². The predicted molar refractivity (Wildman–Crippen MR) is 116 cm³/mol. The second-order valence-electron chi connectivity index (χ2n) is 6.94. The van der Waals surface area contributed by atoms with Gasteiger partial charge in [0.25, 0.3) is 5.91 Å². The van der Waals surface area contributed by atoms with Gasteiger partial charge in [-0.3, -0.25) is 9.59 Å². The fourth-order valence-corrected chi connectivity index (χ4v) is 3.95. The number of rotatable bonds is 9. The van der Waals surface area contributed by atoms with Crippen LogP contribution in [0.5, 0.6) is 0 Å². The van der Waals surface area contributed by atoms with Gasteiger partial charge >= 0.3 is 5.97 Å². The maximum absolute atomic E-state index is 12.3. The first-order valence-electron chi connectivity index (χ1n) is 9.81. The lowest BCUT2D eigenvalue weighted by Gasteiger charge is -2.14. The summed E-state index contributed by atoms with van der Waals surface area (Å²) >= 11 is 0. The molecule has 0 bridgehead atoms. The molecule has 0 aliphatic carbocycles. The van der Waals surface area contributed by atoms with Crippen LogP contribution in [-0.4, -0.2) is 33.4 Å². The zero-order chi connectivity index (χ0) is 22.3. The molecule has 2 aromatic carbocycles. The van der Waals surface area contributed by atoms with Crippen LogP contribution < -0.4 is 10.0 Å². The van der Waals surface area contributed by atoms with Gasteiger partial charge in [-0.1, -0.05) is 38.1 Å². The van der Waals surface area contributed by atoms with Crippen molar-refractivity contribution in [3.8, 4) is 0 Å². The van der Waals surface area contributed by atoms with Crippen molar-refractivity contribution in [2.75, 3.05) is 18.5 Å². The molecule has 0 heterocycles. The Bertz CT molecular complexity index is 1010. The van der Waals surface area contributed by atoms with Gasteiger partial charge in [0.15, 0.2) is 6.61 Å². The van der Waals surface area contributed by atoms with Gasteiger partial charge < -0.3 is 10.1 Å². The monoisotopic (exact) mass is 432 g/mol. The maximum Gasteiger partial charge on any atom is 0.321 e. The van der Waals surface area contributed by atoms with Gasteiger partial charge in [0.05, 0.1) is 4.90 Å². The van der Waals surface area contributed by atoms with Gasteiger partial charge in [-0.2, -0.15) is 4.72 Å². The first kappa shape index (κ1) is 23.6. The van der Waals surface area contributed by atoms with E-state index in [4.69, 9.17) is 4.74 Å². The van der Waals surface area contributed by atoms with Crippen LogP contribution in [0.1, 0.15) is 36.1 Å². The molecule has 0 aliphatic heterocycles. The van der Waals surface area contributed by atoms with Crippen LogP contribution in [0.3, 0.4) is 0 Å². The molecule has 0 atom stereocenters. The van der Waals surface area contributed by atoms with Crippen molar-refractivity contribution in [3.63, 3.8) is 0 Å². The van der Waals surface area contributed by atoms with Crippen molar-refractivity contribution in [2.24, 2.45) is 0 Å². The fraction of sp³-hybridized carbons (Fsp3) is 0.364. The van der Waals surface area contributed by atoms with Crippen molar-refractivity contribution in [1.29, 1.82) is 0 Å². The number of benzene rings is 2. The lowest BCUT2D eigenvalue weighted by atomic mass is 10.0. The number of anilines is 1. The molecule has 2 N–H and O–H groups in total. The molecule has 2 aromatic rings. The number of amides is 1. The van der Waals surface area contributed by atoms with Crippen molar-refractivity contribution in [2.45, 2.75) is 45.4 Å². The molecule has 2 rings (SSSR count). The van der Waals surface area contributed by atoms with Crippen LogP contribution in [0.4, 0.5) is 5.69 Å². The van der Waals surface area contributed by atoms with E-state index in [2.05, 4.69) is 10.0 Å². The Labute approximate surface area is 177 Å². The SMILES string of the molecule is CCc1cccc(CC)c1NC(=O)COC(=O)CNS(=O)(=O)c1ccc(C)c(C)c1. The minimum absolute atomic E-state index is 0.0689. The Morgan fingerprint density at radius 3 is 2.17 bits per heavy atom. The number of para-hydroxylation sites is 1. The van der Waals surface area contributed by atoms with E-state index in [0.29, 0.717) is 0 Å². The smallest absolute Gasteiger partial charge is 0.321 e. The van der Waals surface area contributed by atoms with Gasteiger partial charge in [0.1, 0.15) is 6.54 Å². The molecule has 0 saturated carbocycles. The summed E-state index contributed by atoms with van der Waals surface area (Å²) in [5.41, 5.74) is 4.52. The lowest BCUT2D eigenvalue weighted by Crippen LogP contribution is -2.32. The highest BCUT2D eigenvalue weighted by Crippen LogP contribution is 2.22. The summed E-state index contributed by atoms with van der Waals surface area (Å²) in [7, 11) is -3.85. The Morgan fingerprint density at radius 1 is 0.967 bits per heavy atom. The number of ether oxygens (including phenoxy) is 1. The molecule has 162 valence electrons. The molecular formula is C22H28N2O5S. The van der Waals surface area contributed by atoms with Gasteiger partial charge in [0.2, 0.25) is 10.0 Å². The van der Waals surface area contributed by atoms with Crippen LogP contribution >= 0.6 is 0 Å². The van der Waals surface area contributed by atoms with Gasteiger partial charge in [0, 0.05) is 5.69 Å². The average Bonchev–Trinajstić information content (AvgIpc) is 2.72. The van der Waals surface area contributed by atoms with E-state index in [1.165, 1.54) is 12.1 Å². The maximum atomic E-state index is 12.3. The van der Waals surface area contributed by atoms with Crippen LogP contribution in [0.2, 0.25) is 0 Å². The van der Waals surface area contributed by atoms with Crippen molar-refractivity contribution < 1.29 is 22.7 Å². The Morgan fingerprint density at radius 2 is 1.60 bits per heavy atom. The number of aryl methyl sites for hydroxylation is 4. The Hall–Kier alpha value is -2.71.